The van der Waals surface area contributed by atoms with Crippen molar-refractivity contribution < 1.29 is 9.53 Å². The van der Waals surface area contributed by atoms with Crippen LogP contribution in [0.4, 0.5) is 0 Å². The average molecular weight is 531 g/mol. The van der Waals surface area contributed by atoms with Gasteiger partial charge < -0.3 is 10.1 Å². The molecule has 1 amide bonds. The molecule has 0 fully saturated rings. The normalized spacial score (nSPS) is 10.9. The Morgan fingerprint density at radius 2 is 1.29 bits per heavy atom. The molecule has 0 aliphatic heterocycles. The smallest absolute Gasteiger partial charge is 0.257 e. The summed E-state index contributed by atoms with van der Waals surface area (Å²) in [6.07, 6.45) is 18.8. The third-order valence-electron chi connectivity index (χ3n) is 6.25. The first-order valence-electron chi connectivity index (χ1n) is 13.4. The molecule has 0 atom stereocenters. The summed E-state index contributed by atoms with van der Waals surface area (Å²) >= 11 is 3.56. The van der Waals surface area contributed by atoms with E-state index in [-0.39, 0.29) is 12.5 Å². The van der Waals surface area contributed by atoms with Crippen molar-refractivity contribution in [1.29, 1.82) is 0 Å². The minimum Gasteiger partial charge on any atom is -0.483 e. The zero-order chi connectivity index (χ0) is 24.3. The first kappa shape index (κ1) is 28.4. The van der Waals surface area contributed by atoms with E-state index >= 15 is 0 Å². The fourth-order valence-corrected chi connectivity index (χ4v) is 4.66. The first-order chi connectivity index (χ1) is 16.7. The second kappa shape index (κ2) is 18.5. The molecular formula is C30H44BrNO2. The van der Waals surface area contributed by atoms with E-state index in [0.717, 1.165) is 28.6 Å². The van der Waals surface area contributed by atoms with Crippen molar-refractivity contribution in [3.63, 3.8) is 0 Å². The van der Waals surface area contributed by atoms with Crippen LogP contribution < -0.4 is 10.1 Å². The van der Waals surface area contributed by atoms with E-state index in [0.29, 0.717) is 5.75 Å². The number of carbonyl (C=O) groups is 1. The lowest BCUT2D eigenvalue weighted by atomic mass is 10.0. The van der Waals surface area contributed by atoms with Crippen molar-refractivity contribution in [3.05, 3.63) is 53.0 Å². The Hall–Kier alpha value is -1.81. The summed E-state index contributed by atoms with van der Waals surface area (Å²) in [5.74, 6) is 0.625. The van der Waals surface area contributed by atoms with Crippen molar-refractivity contribution in [2.75, 3.05) is 13.2 Å². The fourth-order valence-electron chi connectivity index (χ4n) is 4.17. The summed E-state index contributed by atoms with van der Waals surface area (Å²) < 4.78 is 6.56. The Kier molecular flexibility index (Phi) is 15.5. The SMILES string of the molecule is CCCCCCCCCCCCCCCCNC(=O)COc1ccc(-c2ccccc2)cc1Br. The molecule has 0 bridgehead atoms. The van der Waals surface area contributed by atoms with E-state index in [9.17, 15) is 4.79 Å². The van der Waals surface area contributed by atoms with Gasteiger partial charge in [0.2, 0.25) is 0 Å². The third-order valence-corrected chi connectivity index (χ3v) is 6.87. The lowest BCUT2D eigenvalue weighted by Gasteiger charge is -2.10. The molecule has 3 nitrogen and oxygen atoms in total. The van der Waals surface area contributed by atoms with Crippen LogP contribution >= 0.6 is 15.9 Å². The number of hydrogen-bond acceptors (Lipinski definition) is 2. The minimum absolute atomic E-state index is 0.0435. The third kappa shape index (κ3) is 12.6. The predicted octanol–water partition coefficient (Wildman–Crippen LogP) is 9.09. The summed E-state index contributed by atoms with van der Waals surface area (Å²) in [5, 5.41) is 2.97. The van der Waals surface area contributed by atoms with Gasteiger partial charge in [0.25, 0.3) is 5.91 Å². The molecule has 0 saturated carbocycles. The molecular weight excluding hydrogens is 486 g/mol. The van der Waals surface area contributed by atoms with Gasteiger partial charge >= 0.3 is 0 Å². The lowest BCUT2D eigenvalue weighted by Crippen LogP contribution is -2.29. The highest BCUT2D eigenvalue weighted by Crippen LogP contribution is 2.30. The maximum Gasteiger partial charge on any atom is 0.257 e. The van der Waals surface area contributed by atoms with E-state index in [4.69, 9.17) is 4.74 Å². The molecule has 0 aromatic heterocycles. The molecule has 4 heteroatoms. The van der Waals surface area contributed by atoms with Gasteiger partial charge in [-0.2, -0.15) is 0 Å². The van der Waals surface area contributed by atoms with Crippen LogP contribution in [-0.4, -0.2) is 19.1 Å². The lowest BCUT2D eigenvalue weighted by molar-refractivity contribution is -0.123. The van der Waals surface area contributed by atoms with Crippen molar-refractivity contribution in [2.45, 2.75) is 96.8 Å². The molecule has 2 aromatic carbocycles. The van der Waals surface area contributed by atoms with Gasteiger partial charge in [-0.1, -0.05) is 127 Å². The van der Waals surface area contributed by atoms with E-state index in [1.165, 1.54) is 83.5 Å². The summed E-state index contributed by atoms with van der Waals surface area (Å²) in [5.41, 5.74) is 2.27. The zero-order valence-corrected chi connectivity index (χ0v) is 22.7. The standard InChI is InChI=1S/C30H44BrNO2/c1-2-3-4-5-6-7-8-9-10-11-12-13-14-18-23-32-30(33)25-34-29-22-21-27(24-28(29)31)26-19-16-15-17-20-26/h15-17,19-22,24H,2-14,18,23,25H2,1H3,(H,32,33). The molecule has 2 aromatic rings. The zero-order valence-electron chi connectivity index (χ0n) is 21.1. The molecule has 34 heavy (non-hydrogen) atoms. The molecule has 188 valence electrons. The fraction of sp³-hybridized carbons (Fsp3) is 0.567. The van der Waals surface area contributed by atoms with Gasteiger partial charge in [0, 0.05) is 6.54 Å². The number of halogens is 1. The number of rotatable bonds is 19. The Morgan fingerprint density at radius 3 is 1.85 bits per heavy atom. The molecule has 0 aliphatic carbocycles. The van der Waals surface area contributed by atoms with E-state index in [2.05, 4.69) is 40.3 Å². The summed E-state index contributed by atoms with van der Waals surface area (Å²) in [6, 6.07) is 16.2. The number of nitrogens with one attached hydrogen (secondary N) is 1. The van der Waals surface area contributed by atoms with Crippen LogP contribution in [0.15, 0.2) is 53.0 Å². The van der Waals surface area contributed by atoms with Gasteiger partial charge in [0.15, 0.2) is 6.61 Å². The topological polar surface area (TPSA) is 38.3 Å². The number of carbonyl (C=O) groups excluding carboxylic acids is 1. The predicted molar refractivity (Wildman–Crippen MR) is 148 cm³/mol. The summed E-state index contributed by atoms with van der Waals surface area (Å²) in [7, 11) is 0. The maximum atomic E-state index is 12.1. The van der Waals surface area contributed by atoms with Crippen molar-refractivity contribution in [1.82, 2.24) is 5.32 Å². The van der Waals surface area contributed by atoms with E-state index in [1.54, 1.807) is 0 Å². The number of amides is 1. The highest BCUT2D eigenvalue weighted by atomic mass is 79.9. The van der Waals surface area contributed by atoms with Gasteiger partial charge in [-0.15, -0.1) is 0 Å². The highest BCUT2D eigenvalue weighted by Gasteiger charge is 2.07. The van der Waals surface area contributed by atoms with Crippen LogP contribution in [0.1, 0.15) is 96.8 Å². The quantitative estimate of drug-likeness (QED) is 0.184. The molecule has 0 spiro atoms. The molecule has 0 aliphatic rings. The number of benzene rings is 2. The Labute approximate surface area is 216 Å². The van der Waals surface area contributed by atoms with Gasteiger partial charge in [-0.3, -0.25) is 4.79 Å². The molecule has 1 N–H and O–H groups in total. The van der Waals surface area contributed by atoms with Crippen molar-refractivity contribution in [3.8, 4) is 16.9 Å². The highest BCUT2D eigenvalue weighted by molar-refractivity contribution is 9.10. The van der Waals surface area contributed by atoms with Crippen molar-refractivity contribution >= 4 is 21.8 Å². The average Bonchev–Trinajstić information content (AvgIpc) is 2.86. The minimum atomic E-state index is -0.0614. The van der Waals surface area contributed by atoms with Gasteiger partial charge in [-0.05, 0) is 45.6 Å². The number of ether oxygens (including phenoxy) is 1. The van der Waals surface area contributed by atoms with Crippen LogP contribution in [0.3, 0.4) is 0 Å². The molecule has 0 radical (unpaired) electrons. The van der Waals surface area contributed by atoms with Crippen molar-refractivity contribution in [2.24, 2.45) is 0 Å². The second-order valence-corrected chi connectivity index (χ2v) is 10.1. The van der Waals surface area contributed by atoms with Crippen LogP contribution in [0.5, 0.6) is 5.75 Å². The monoisotopic (exact) mass is 529 g/mol. The molecule has 0 heterocycles. The first-order valence-corrected chi connectivity index (χ1v) is 14.2. The second-order valence-electron chi connectivity index (χ2n) is 9.25. The number of unbranched alkanes of at least 4 members (excludes halogenated alkanes) is 13. The Bertz CT molecular complexity index is 794. The van der Waals surface area contributed by atoms with Gasteiger partial charge in [-0.25, -0.2) is 0 Å². The molecule has 2 rings (SSSR count). The van der Waals surface area contributed by atoms with Crippen LogP contribution in [0, 0.1) is 0 Å². The van der Waals surface area contributed by atoms with Crippen LogP contribution in [0.2, 0.25) is 0 Å². The largest absolute Gasteiger partial charge is 0.483 e. The van der Waals surface area contributed by atoms with E-state index in [1.807, 2.05) is 36.4 Å². The Morgan fingerprint density at radius 1 is 0.735 bits per heavy atom. The van der Waals surface area contributed by atoms with Gasteiger partial charge in [0.05, 0.1) is 4.47 Å². The van der Waals surface area contributed by atoms with E-state index < -0.39 is 0 Å². The van der Waals surface area contributed by atoms with Gasteiger partial charge in [0.1, 0.15) is 5.75 Å². The Balaban J connectivity index is 1.44. The van der Waals surface area contributed by atoms with Crippen LogP contribution in [0.25, 0.3) is 11.1 Å². The molecule has 0 saturated heterocycles. The summed E-state index contributed by atoms with van der Waals surface area (Å²) in [6.45, 7) is 3.05. The molecule has 0 unspecified atom stereocenters. The van der Waals surface area contributed by atoms with Crippen LogP contribution in [-0.2, 0) is 4.79 Å². The number of hydrogen-bond donors (Lipinski definition) is 1. The maximum absolute atomic E-state index is 12.1. The summed E-state index contributed by atoms with van der Waals surface area (Å²) in [4.78, 5) is 12.1.